The SMILES string of the molecule is Cc1ccccc1-c1c(C#N)cc(C)c(-c2cccc[n+]2C)c1C. The van der Waals surface area contributed by atoms with E-state index in [9.17, 15) is 5.26 Å². The van der Waals surface area contributed by atoms with E-state index in [0.717, 1.165) is 33.5 Å². The number of nitriles is 1. The van der Waals surface area contributed by atoms with Crippen LogP contribution in [0.5, 0.6) is 0 Å². The molecule has 2 aromatic carbocycles. The molecule has 0 atom stereocenters. The average Bonchev–Trinajstić information content (AvgIpc) is 2.57. The Morgan fingerprint density at radius 2 is 1.58 bits per heavy atom. The third-order valence-corrected chi connectivity index (χ3v) is 4.62. The van der Waals surface area contributed by atoms with Crippen LogP contribution in [0.15, 0.2) is 54.7 Å². The smallest absolute Gasteiger partial charge is 0.201 e. The molecule has 118 valence electrons. The van der Waals surface area contributed by atoms with Crippen molar-refractivity contribution in [1.29, 1.82) is 5.26 Å². The summed E-state index contributed by atoms with van der Waals surface area (Å²) in [6.45, 7) is 6.30. The van der Waals surface area contributed by atoms with Gasteiger partial charge in [0, 0.05) is 17.7 Å². The number of nitrogens with zero attached hydrogens (tertiary/aromatic N) is 2. The normalized spacial score (nSPS) is 10.5. The van der Waals surface area contributed by atoms with E-state index in [4.69, 9.17) is 0 Å². The first-order chi connectivity index (χ1) is 11.5. The third-order valence-electron chi connectivity index (χ3n) is 4.62. The molecule has 0 amide bonds. The number of hydrogen-bond acceptors (Lipinski definition) is 1. The molecule has 1 heterocycles. The third kappa shape index (κ3) is 2.59. The Kier molecular flexibility index (Phi) is 4.18. The number of benzene rings is 2. The summed E-state index contributed by atoms with van der Waals surface area (Å²) in [5.41, 5.74) is 8.74. The van der Waals surface area contributed by atoms with E-state index in [1.165, 1.54) is 11.1 Å². The molecule has 0 N–H and O–H groups in total. The van der Waals surface area contributed by atoms with Gasteiger partial charge in [-0.15, -0.1) is 0 Å². The molecule has 3 rings (SSSR count). The van der Waals surface area contributed by atoms with E-state index in [2.05, 4.69) is 68.9 Å². The highest BCUT2D eigenvalue weighted by Crippen LogP contribution is 2.37. The monoisotopic (exact) mass is 313 g/mol. The van der Waals surface area contributed by atoms with E-state index < -0.39 is 0 Å². The van der Waals surface area contributed by atoms with Gasteiger partial charge in [0.1, 0.15) is 7.05 Å². The zero-order valence-corrected chi connectivity index (χ0v) is 14.6. The molecule has 0 bridgehead atoms. The van der Waals surface area contributed by atoms with Crippen LogP contribution >= 0.6 is 0 Å². The lowest BCUT2D eigenvalue weighted by Gasteiger charge is -2.16. The topological polar surface area (TPSA) is 27.7 Å². The fourth-order valence-corrected chi connectivity index (χ4v) is 3.45. The molecule has 24 heavy (non-hydrogen) atoms. The molecule has 0 radical (unpaired) electrons. The van der Waals surface area contributed by atoms with Crippen molar-refractivity contribution in [3.63, 3.8) is 0 Å². The van der Waals surface area contributed by atoms with Crippen LogP contribution in [0.25, 0.3) is 22.4 Å². The quantitative estimate of drug-likeness (QED) is 0.633. The second-order valence-electron chi connectivity index (χ2n) is 6.24. The fraction of sp³-hybridized carbons (Fsp3) is 0.182. The van der Waals surface area contributed by atoms with Crippen LogP contribution in [-0.2, 0) is 7.05 Å². The molecule has 2 heteroatoms. The van der Waals surface area contributed by atoms with Gasteiger partial charge in [-0.25, -0.2) is 4.57 Å². The largest absolute Gasteiger partial charge is 0.212 e. The number of aromatic nitrogens is 1. The highest BCUT2D eigenvalue weighted by Gasteiger charge is 2.21. The van der Waals surface area contributed by atoms with E-state index in [0.29, 0.717) is 0 Å². The number of aryl methyl sites for hydroxylation is 3. The Morgan fingerprint density at radius 1 is 0.875 bits per heavy atom. The summed E-state index contributed by atoms with van der Waals surface area (Å²) in [4.78, 5) is 0. The van der Waals surface area contributed by atoms with Gasteiger partial charge in [0.25, 0.3) is 0 Å². The van der Waals surface area contributed by atoms with Crippen LogP contribution in [0.1, 0.15) is 22.3 Å². The summed E-state index contributed by atoms with van der Waals surface area (Å²) >= 11 is 0. The summed E-state index contributed by atoms with van der Waals surface area (Å²) in [5, 5.41) is 9.68. The van der Waals surface area contributed by atoms with Crippen molar-refractivity contribution in [2.24, 2.45) is 7.05 Å². The molecule has 0 aliphatic carbocycles. The Balaban J connectivity index is 2.40. The van der Waals surface area contributed by atoms with Crippen LogP contribution in [0.3, 0.4) is 0 Å². The summed E-state index contributed by atoms with van der Waals surface area (Å²) in [6, 6.07) is 18.9. The molecule has 1 aromatic heterocycles. The van der Waals surface area contributed by atoms with Gasteiger partial charge in [-0.2, -0.15) is 5.26 Å². The Bertz CT molecular complexity index is 962. The van der Waals surface area contributed by atoms with Gasteiger partial charge in [0.2, 0.25) is 5.69 Å². The second kappa shape index (κ2) is 6.29. The number of rotatable bonds is 2. The van der Waals surface area contributed by atoms with Crippen molar-refractivity contribution in [2.75, 3.05) is 0 Å². The molecule has 0 saturated carbocycles. The van der Waals surface area contributed by atoms with Gasteiger partial charge >= 0.3 is 0 Å². The first-order valence-electron chi connectivity index (χ1n) is 8.10. The predicted octanol–water partition coefficient (Wildman–Crippen LogP) is 4.64. The minimum atomic E-state index is 0.738. The molecule has 0 spiro atoms. The maximum absolute atomic E-state index is 9.68. The lowest BCUT2D eigenvalue weighted by molar-refractivity contribution is -0.660. The van der Waals surface area contributed by atoms with Crippen molar-refractivity contribution >= 4 is 0 Å². The summed E-state index contributed by atoms with van der Waals surface area (Å²) < 4.78 is 2.13. The van der Waals surface area contributed by atoms with Crippen molar-refractivity contribution in [3.05, 3.63) is 77.0 Å². The van der Waals surface area contributed by atoms with Crippen molar-refractivity contribution in [2.45, 2.75) is 20.8 Å². The number of hydrogen-bond donors (Lipinski definition) is 0. The lowest BCUT2D eigenvalue weighted by atomic mass is 9.86. The van der Waals surface area contributed by atoms with Crippen LogP contribution < -0.4 is 4.57 Å². The molecule has 2 nitrogen and oxygen atoms in total. The van der Waals surface area contributed by atoms with Gasteiger partial charge in [-0.1, -0.05) is 24.3 Å². The fourth-order valence-electron chi connectivity index (χ4n) is 3.45. The second-order valence-corrected chi connectivity index (χ2v) is 6.24. The zero-order valence-electron chi connectivity index (χ0n) is 14.6. The summed E-state index contributed by atoms with van der Waals surface area (Å²) in [7, 11) is 2.06. The highest BCUT2D eigenvalue weighted by atomic mass is 14.9. The molecule has 0 aliphatic rings. The number of pyridine rings is 1. The Hall–Kier alpha value is -2.92. The molecule has 0 fully saturated rings. The summed E-state index contributed by atoms with van der Waals surface area (Å²) in [6.07, 6.45) is 2.06. The maximum Gasteiger partial charge on any atom is 0.212 e. The van der Waals surface area contributed by atoms with E-state index >= 15 is 0 Å². The summed E-state index contributed by atoms with van der Waals surface area (Å²) in [5.74, 6) is 0. The lowest BCUT2D eigenvalue weighted by Crippen LogP contribution is -2.30. The minimum Gasteiger partial charge on any atom is -0.201 e. The van der Waals surface area contributed by atoms with E-state index in [1.807, 2.05) is 24.3 Å². The van der Waals surface area contributed by atoms with Gasteiger partial charge in [0.15, 0.2) is 6.20 Å². The van der Waals surface area contributed by atoms with Crippen molar-refractivity contribution < 1.29 is 4.57 Å². The Morgan fingerprint density at radius 3 is 2.25 bits per heavy atom. The van der Waals surface area contributed by atoms with Crippen LogP contribution in [0.4, 0.5) is 0 Å². The highest BCUT2D eigenvalue weighted by molar-refractivity contribution is 5.83. The molecular formula is C22H21N2+. The van der Waals surface area contributed by atoms with Gasteiger partial charge in [-0.05, 0) is 55.2 Å². The van der Waals surface area contributed by atoms with E-state index in [1.54, 1.807) is 0 Å². The molecule has 0 aliphatic heterocycles. The maximum atomic E-state index is 9.68. The van der Waals surface area contributed by atoms with Crippen LogP contribution in [0.2, 0.25) is 0 Å². The van der Waals surface area contributed by atoms with E-state index in [-0.39, 0.29) is 0 Å². The molecular weight excluding hydrogens is 292 g/mol. The van der Waals surface area contributed by atoms with Crippen LogP contribution in [-0.4, -0.2) is 0 Å². The molecule has 0 unspecified atom stereocenters. The van der Waals surface area contributed by atoms with Crippen molar-refractivity contribution in [1.82, 2.24) is 0 Å². The molecule has 0 saturated heterocycles. The van der Waals surface area contributed by atoms with Gasteiger partial charge < -0.3 is 0 Å². The van der Waals surface area contributed by atoms with Crippen molar-refractivity contribution in [3.8, 4) is 28.5 Å². The van der Waals surface area contributed by atoms with Gasteiger partial charge in [0.05, 0.1) is 17.2 Å². The zero-order chi connectivity index (χ0) is 17.3. The Labute approximate surface area is 143 Å². The average molecular weight is 313 g/mol. The minimum absolute atomic E-state index is 0.738. The first-order valence-corrected chi connectivity index (χ1v) is 8.10. The predicted molar refractivity (Wildman–Crippen MR) is 97.4 cm³/mol. The van der Waals surface area contributed by atoms with Crippen LogP contribution in [0, 0.1) is 32.1 Å². The first kappa shape index (κ1) is 16.0. The molecule has 3 aromatic rings. The van der Waals surface area contributed by atoms with Gasteiger partial charge in [-0.3, -0.25) is 0 Å². The standard InChI is InChI=1S/C22H21N2/c1-15-9-5-6-10-19(15)22-17(3)21(16(2)13-18(22)14-23)20-11-7-8-12-24(20)4/h5-13H,1-4H3/q+1.